The summed E-state index contributed by atoms with van der Waals surface area (Å²) in [6.07, 6.45) is 5.73. The molecule has 2 aromatic heterocycles. The average molecular weight is 541 g/mol. The van der Waals surface area contributed by atoms with Gasteiger partial charge in [0.1, 0.15) is 11.7 Å². The van der Waals surface area contributed by atoms with E-state index in [1.165, 1.54) is 17.1 Å². The van der Waals surface area contributed by atoms with E-state index in [4.69, 9.17) is 0 Å². The zero-order valence-electron chi connectivity index (χ0n) is 22.7. The van der Waals surface area contributed by atoms with E-state index in [1.807, 2.05) is 47.4 Å². The fraction of sp³-hybridized carbons (Fsp3) is 0.367. The van der Waals surface area contributed by atoms with Gasteiger partial charge in [-0.1, -0.05) is 24.3 Å². The molecule has 0 spiro atoms. The van der Waals surface area contributed by atoms with Crippen molar-refractivity contribution in [2.45, 2.75) is 37.8 Å². The van der Waals surface area contributed by atoms with E-state index >= 15 is 0 Å². The van der Waals surface area contributed by atoms with Crippen LogP contribution in [0.25, 0.3) is 27.8 Å². The van der Waals surface area contributed by atoms with Crippen LogP contribution in [0, 0.1) is 5.92 Å². The van der Waals surface area contributed by atoms with Gasteiger partial charge < -0.3 is 14.9 Å². The van der Waals surface area contributed by atoms with E-state index in [9.17, 15) is 19.5 Å². The number of hydrogen-bond acceptors (Lipinski definition) is 6. The molecule has 206 valence electrons. The number of carbonyl (C=O) groups is 2. The van der Waals surface area contributed by atoms with Crippen molar-refractivity contribution in [3.63, 3.8) is 0 Å². The van der Waals surface area contributed by atoms with Crippen LogP contribution >= 0.6 is 0 Å². The summed E-state index contributed by atoms with van der Waals surface area (Å²) < 4.78 is 3.06. The van der Waals surface area contributed by atoms with Crippen molar-refractivity contribution in [1.82, 2.24) is 29.1 Å². The third-order valence-corrected chi connectivity index (χ3v) is 7.89. The molecule has 10 nitrogen and oxygen atoms in total. The highest BCUT2D eigenvalue weighted by atomic mass is 16.3. The molecule has 0 bridgehead atoms. The molecule has 1 saturated carbocycles. The molecule has 2 amide bonds. The largest absolute Gasteiger partial charge is 0.388 e. The van der Waals surface area contributed by atoms with E-state index in [2.05, 4.69) is 10.1 Å². The minimum absolute atomic E-state index is 0.0708. The number of nitrogens with zero attached hydrogens (tertiary/aromatic N) is 6. The lowest BCUT2D eigenvalue weighted by molar-refractivity contribution is -0.137. The minimum atomic E-state index is -1.08. The minimum Gasteiger partial charge on any atom is -0.388 e. The molecule has 0 radical (unpaired) electrons. The highest BCUT2D eigenvalue weighted by Crippen LogP contribution is 2.33. The molecule has 2 aromatic carbocycles. The van der Waals surface area contributed by atoms with Crippen molar-refractivity contribution in [3.8, 4) is 16.8 Å². The number of likely N-dealkylation sites (tertiary alicyclic amines) is 1. The molecule has 6 rings (SSSR count). The average Bonchev–Trinajstić information content (AvgIpc) is 3.73. The fourth-order valence-electron chi connectivity index (χ4n) is 5.36. The Morgan fingerprint density at radius 1 is 1.05 bits per heavy atom. The Kier molecular flexibility index (Phi) is 6.50. The van der Waals surface area contributed by atoms with Crippen LogP contribution in [0.15, 0.2) is 65.8 Å². The van der Waals surface area contributed by atoms with E-state index in [-0.39, 0.29) is 29.8 Å². The Morgan fingerprint density at radius 2 is 1.75 bits per heavy atom. The summed E-state index contributed by atoms with van der Waals surface area (Å²) >= 11 is 0. The number of carbonyl (C=O) groups excluding carboxylic acids is 2. The standard InChI is InChI=1S/C30H32N6O4/c1-33(2)27(37)23-7-3-5-21(15-23)22-6-4-8-24(16-22)36-26-25(17-32-36)29(39)35(19-31-26)18-30(40)11-13-34(14-12-30)28(38)20-9-10-20/h3-8,15-17,19-20,40H,9-14,18H2,1-2H3. The van der Waals surface area contributed by atoms with Gasteiger partial charge in [0.05, 0.1) is 24.0 Å². The Morgan fingerprint density at radius 3 is 2.45 bits per heavy atom. The summed E-state index contributed by atoms with van der Waals surface area (Å²) in [7, 11) is 3.45. The monoisotopic (exact) mass is 540 g/mol. The van der Waals surface area contributed by atoms with Crippen molar-refractivity contribution in [2.75, 3.05) is 27.2 Å². The van der Waals surface area contributed by atoms with Crippen LogP contribution in [0.4, 0.5) is 0 Å². The predicted octanol–water partition coefficient (Wildman–Crippen LogP) is 2.71. The topological polar surface area (TPSA) is 114 Å². The lowest BCUT2D eigenvalue weighted by Gasteiger charge is -2.38. The lowest BCUT2D eigenvalue weighted by atomic mass is 9.91. The van der Waals surface area contributed by atoms with Gasteiger partial charge in [-0.05, 0) is 61.1 Å². The molecular weight excluding hydrogens is 508 g/mol. The normalized spacial score (nSPS) is 16.7. The molecule has 40 heavy (non-hydrogen) atoms. The molecular formula is C30H32N6O4. The van der Waals surface area contributed by atoms with E-state index < -0.39 is 5.60 Å². The van der Waals surface area contributed by atoms with Crippen LogP contribution in [-0.4, -0.2) is 78.8 Å². The smallest absolute Gasteiger partial charge is 0.264 e. The molecule has 1 aliphatic heterocycles. The number of hydrogen-bond donors (Lipinski definition) is 1. The highest BCUT2D eigenvalue weighted by molar-refractivity contribution is 5.95. The van der Waals surface area contributed by atoms with Gasteiger partial charge in [-0.25, -0.2) is 9.67 Å². The first kappa shape index (κ1) is 25.9. The number of benzene rings is 2. The predicted molar refractivity (Wildman–Crippen MR) is 150 cm³/mol. The van der Waals surface area contributed by atoms with Crippen molar-refractivity contribution < 1.29 is 14.7 Å². The second-order valence-electron chi connectivity index (χ2n) is 11.1. The van der Waals surface area contributed by atoms with Crippen molar-refractivity contribution in [2.24, 2.45) is 5.92 Å². The number of aromatic nitrogens is 4. The third kappa shape index (κ3) is 4.90. The second-order valence-corrected chi connectivity index (χ2v) is 11.1. The first-order valence-corrected chi connectivity index (χ1v) is 13.6. The van der Waals surface area contributed by atoms with Crippen LogP contribution in [0.5, 0.6) is 0 Å². The summed E-state index contributed by atoms with van der Waals surface area (Å²) in [5.74, 6) is 0.280. The van der Waals surface area contributed by atoms with E-state index in [1.54, 1.807) is 29.7 Å². The summed E-state index contributed by atoms with van der Waals surface area (Å²) in [6, 6.07) is 15.1. The molecule has 3 heterocycles. The zero-order valence-corrected chi connectivity index (χ0v) is 22.7. The number of piperidine rings is 1. The van der Waals surface area contributed by atoms with Gasteiger partial charge in [-0.15, -0.1) is 0 Å². The molecule has 2 aliphatic rings. The lowest BCUT2D eigenvalue weighted by Crippen LogP contribution is -2.50. The summed E-state index contributed by atoms with van der Waals surface area (Å²) in [5, 5.41) is 16.0. The molecule has 4 aromatic rings. The summed E-state index contributed by atoms with van der Waals surface area (Å²) in [4.78, 5) is 46.1. The number of amides is 2. The maximum atomic E-state index is 13.4. The van der Waals surface area contributed by atoms with Crippen LogP contribution in [0.3, 0.4) is 0 Å². The Balaban J connectivity index is 1.24. The van der Waals surface area contributed by atoms with Gasteiger partial charge in [-0.2, -0.15) is 5.10 Å². The third-order valence-electron chi connectivity index (χ3n) is 7.89. The number of rotatable bonds is 6. The Hall–Kier alpha value is -4.31. The van der Waals surface area contributed by atoms with Crippen molar-refractivity contribution in [1.29, 1.82) is 0 Å². The zero-order chi connectivity index (χ0) is 28.0. The van der Waals surface area contributed by atoms with Gasteiger partial charge in [0.2, 0.25) is 5.91 Å². The molecule has 1 aliphatic carbocycles. The maximum Gasteiger partial charge on any atom is 0.264 e. The SMILES string of the molecule is CN(C)C(=O)c1cccc(-c2cccc(-n3ncc4c(=O)n(CC5(O)CCN(C(=O)C6CC6)CC5)cnc43)c2)c1. The quantitative estimate of drug-likeness (QED) is 0.402. The fourth-order valence-corrected chi connectivity index (χ4v) is 5.36. The Bertz CT molecular complexity index is 1660. The van der Waals surface area contributed by atoms with Crippen molar-refractivity contribution in [3.05, 3.63) is 77.0 Å². The number of fused-ring (bicyclic) bond motifs is 1. The van der Waals surface area contributed by atoms with Gasteiger partial charge in [-0.3, -0.25) is 19.0 Å². The maximum absolute atomic E-state index is 13.4. The van der Waals surface area contributed by atoms with Crippen LogP contribution in [-0.2, 0) is 11.3 Å². The molecule has 1 saturated heterocycles. The highest BCUT2D eigenvalue weighted by Gasteiger charge is 2.39. The van der Waals surface area contributed by atoms with Gasteiger partial charge >= 0.3 is 0 Å². The first-order valence-electron chi connectivity index (χ1n) is 13.6. The van der Waals surface area contributed by atoms with Gasteiger partial charge in [0.25, 0.3) is 11.5 Å². The molecule has 2 fully saturated rings. The summed E-state index contributed by atoms with van der Waals surface area (Å²) in [6.45, 7) is 1.11. The molecule has 1 N–H and O–H groups in total. The van der Waals surface area contributed by atoms with Crippen molar-refractivity contribution >= 4 is 22.8 Å². The molecule has 0 unspecified atom stereocenters. The van der Waals surface area contributed by atoms with E-state index in [0.717, 1.165) is 29.7 Å². The second kappa shape index (κ2) is 10.0. The molecule has 10 heteroatoms. The van der Waals surface area contributed by atoms with Crippen LogP contribution in [0.2, 0.25) is 0 Å². The van der Waals surface area contributed by atoms with Crippen LogP contribution < -0.4 is 5.56 Å². The van der Waals surface area contributed by atoms with Gasteiger partial charge in [0.15, 0.2) is 5.65 Å². The number of aliphatic hydroxyl groups is 1. The van der Waals surface area contributed by atoms with E-state index in [0.29, 0.717) is 42.5 Å². The van der Waals surface area contributed by atoms with Crippen LogP contribution in [0.1, 0.15) is 36.0 Å². The molecule has 0 atom stereocenters. The Labute approximate surface area is 231 Å². The van der Waals surface area contributed by atoms with Gasteiger partial charge in [0, 0.05) is 38.7 Å². The first-order chi connectivity index (χ1) is 19.2. The summed E-state index contributed by atoms with van der Waals surface area (Å²) in [5.41, 5.74) is 2.19.